The number of hydrogen-bond acceptors (Lipinski definition) is 2. The lowest BCUT2D eigenvalue weighted by atomic mass is 9.87. The van der Waals surface area contributed by atoms with E-state index in [2.05, 4.69) is 27.7 Å². The minimum Gasteiger partial charge on any atom is -0.392 e. The van der Waals surface area contributed by atoms with Gasteiger partial charge in [-0.3, -0.25) is 0 Å². The largest absolute Gasteiger partial charge is 0.392 e. The van der Waals surface area contributed by atoms with Crippen molar-refractivity contribution in [2.45, 2.75) is 39.7 Å². The lowest BCUT2D eigenvalue weighted by Crippen LogP contribution is -2.30. The highest BCUT2D eigenvalue weighted by Crippen LogP contribution is 2.70. The second-order valence-electron chi connectivity index (χ2n) is 6.90. The fraction of sp³-hybridized carbons (Fsp3) is 0.625. The maximum Gasteiger partial charge on any atom is 0.145 e. The number of nitrogens with two attached hydrogens (primary N) is 1. The van der Waals surface area contributed by atoms with Crippen LogP contribution in [0.25, 0.3) is 0 Å². The van der Waals surface area contributed by atoms with Gasteiger partial charge in [0.2, 0.25) is 0 Å². The molecule has 2 atom stereocenters. The van der Waals surface area contributed by atoms with Crippen molar-refractivity contribution >= 4 is 11.6 Å². The van der Waals surface area contributed by atoms with Crippen molar-refractivity contribution < 1.29 is 9.50 Å². The first-order valence-electron chi connectivity index (χ1n) is 6.98. The van der Waals surface area contributed by atoms with Crippen molar-refractivity contribution in [2.75, 3.05) is 6.54 Å². The maximum absolute atomic E-state index is 14.2. The summed E-state index contributed by atoms with van der Waals surface area (Å²) in [7, 11) is 0. The SMILES string of the molecule is CC1(C)C(C(O)C(CN)c2cccc(Cl)c2F)C1(C)C. The summed E-state index contributed by atoms with van der Waals surface area (Å²) in [4.78, 5) is 0. The van der Waals surface area contributed by atoms with E-state index in [0.717, 1.165) is 0 Å². The zero-order valence-electron chi connectivity index (χ0n) is 12.5. The van der Waals surface area contributed by atoms with Crippen molar-refractivity contribution in [3.05, 3.63) is 34.6 Å². The minimum absolute atomic E-state index is 0.0227. The zero-order chi connectivity index (χ0) is 15.3. The molecule has 3 N–H and O–H groups in total. The lowest BCUT2D eigenvalue weighted by Gasteiger charge is -2.24. The molecule has 0 aliphatic heterocycles. The molecule has 1 saturated carbocycles. The standard InChI is InChI=1S/C16H23ClFNO/c1-15(2)14(16(15,3)4)13(20)10(8-19)9-6-5-7-11(17)12(9)18/h5-7,10,13-14,20H,8,19H2,1-4H3. The Bertz CT molecular complexity index is 501. The van der Waals surface area contributed by atoms with Crippen molar-refractivity contribution in [1.82, 2.24) is 0 Å². The average Bonchev–Trinajstić information content (AvgIpc) is 2.76. The molecule has 0 radical (unpaired) electrons. The quantitative estimate of drug-likeness (QED) is 0.893. The highest BCUT2D eigenvalue weighted by Gasteiger charge is 2.67. The van der Waals surface area contributed by atoms with E-state index in [1.165, 1.54) is 6.07 Å². The van der Waals surface area contributed by atoms with Gasteiger partial charge < -0.3 is 10.8 Å². The summed E-state index contributed by atoms with van der Waals surface area (Å²) in [6.07, 6.45) is -0.669. The molecule has 1 aromatic carbocycles. The summed E-state index contributed by atoms with van der Waals surface area (Å²) in [6, 6.07) is 4.86. The first kappa shape index (κ1) is 15.7. The smallest absolute Gasteiger partial charge is 0.145 e. The van der Waals surface area contributed by atoms with Gasteiger partial charge in [-0.05, 0) is 28.4 Å². The van der Waals surface area contributed by atoms with E-state index < -0.39 is 17.8 Å². The third-order valence-corrected chi connectivity index (χ3v) is 5.81. The monoisotopic (exact) mass is 299 g/mol. The molecule has 4 heteroatoms. The molecule has 112 valence electrons. The van der Waals surface area contributed by atoms with E-state index in [1.807, 2.05) is 0 Å². The molecule has 1 fully saturated rings. The molecule has 0 aromatic heterocycles. The summed E-state index contributed by atoms with van der Waals surface area (Å²) in [6.45, 7) is 8.71. The van der Waals surface area contributed by atoms with E-state index in [1.54, 1.807) is 12.1 Å². The molecule has 2 rings (SSSR count). The van der Waals surface area contributed by atoms with Gasteiger partial charge in [-0.1, -0.05) is 51.4 Å². The van der Waals surface area contributed by atoms with Crippen LogP contribution in [0.4, 0.5) is 4.39 Å². The summed E-state index contributed by atoms with van der Waals surface area (Å²) < 4.78 is 14.2. The Labute approximate surface area is 125 Å². The number of halogens is 2. The second kappa shape index (κ2) is 4.97. The molecule has 0 amide bonds. The van der Waals surface area contributed by atoms with Gasteiger partial charge in [0, 0.05) is 12.5 Å². The van der Waals surface area contributed by atoms with Crippen molar-refractivity contribution in [3.8, 4) is 0 Å². The Kier molecular flexibility index (Phi) is 3.91. The summed E-state index contributed by atoms with van der Waals surface area (Å²) in [5.41, 5.74) is 6.25. The Morgan fingerprint density at radius 3 is 2.30 bits per heavy atom. The van der Waals surface area contributed by atoms with E-state index in [0.29, 0.717) is 5.56 Å². The molecule has 0 bridgehead atoms. The number of aliphatic hydroxyl groups excluding tert-OH is 1. The molecule has 0 spiro atoms. The van der Waals surface area contributed by atoms with E-state index in [4.69, 9.17) is 17.3 Å². The fourth-order valence-electron chi connectivity index (χ4n) is 3.59. The first-order chi connectivity index (χ1) is 9.16. The zero-order valence-corrected chi connectivity index (χ0v) is 13.2. The fourth-order valence-corrected chi connectivity index (χ4v) is 3.77. The van der Waals surface area contributed by atoms with E-state index >= 15 is 0 Å². The first-order valence-corrected chi connectivity index (χ1v) is 7.36. The number of hydrogen-bond donors (Lipinski definition) is 2. The molecular formula is C16H23ClFNO. The van der Waals surface area contributed by atoms with Crippen LogP contribution in [0.5, 0.6) is 0 Å². The molecular weight excluding hydrogens is 277 g/mol. The second-order valence-corrected chi connectivity index (χ2v) is 7.30. The highest BCUT2D eigenvalue weighted by molar-refractivity contribution is 6.30. The van der Waals surface area contributed by atoms with Crippen LogP contribution in [0.3, 0.4) is 0 Å². The van der Waals surface area contributed by atoms with Gasteiger partial charge in [-0.2, -0.15) is 0 Å². The van der Waals surface area contributed by atoms with Gasteiger partial charge in [0.05, 0.1) is 11.1 Å². The Balaban J connectivity index is 2.32. The van der Waals surface area contributed by atoms with E-state index in [-0.39, 0.29) is 28.3 Å². The summed E-state index contributed by atoms with van der Waals surface area (Å²) >= 11 is 5.83. The number of aliphatic hydroxyl groups is 1. The highest BCUT2D eigenvalue weighted by atomic mass is 35.5. The van der Waals surface area contributed by atoms with Crippen LogP contribution in [-0.4, -0.2) is 17.8 Å². The van der Waals surface area contributed by atoms with Crippen molar-refractivity contribution in [3.63, 3.8) is 0 Å². The Morgan fingerprint density at radius 2 is 1.85 bits per heavy atom. The molecule has 1 aromatic rings. The topological polar surface area (TPSA) is 46.2 Å². The van der Waals surface area contributed by atoms with Gasteiger partial charge >= 0.3 is 0 Å². The van der Waals surface area contributed by atoms with Gasteiger partial charge in [-0.15, -0.1) is 0 Å². The summed E-state index contributed by atoms with van der Waals surface area (Å²) in [5, 5.41) is 10.8. The normalized spacial score (nSPS) is 23.4. The van der Waals surface area contributed by atoms with Crippen LogP contribution in [-0.2, 0) is 0 Å². The Morgan fingerprint density at radius 1 is 1.30 bits per heavy atom. The van der Waals surface area contributed by atoms with Gasteiger partial charge in [0.25, 0.3) is 0 Å². The van der Waals surface area contributed by atoms with Gasteiger partial charge in [0.1, 0.15) is 5.82 Å². The molecule has 2 unspecified atom stereocenters. The molecule has 0 saturated heterocycles. The predicted octanol–water partition coefficient (Wildman–Crippen LogP) is 3.56. The van der Waals surface area contributed by atoms with Crippen LogP contribution >= 0.6 is 11.6 Å². The minimum atomic E-state index is -0.669. The van der Waals surface area contributed by atoms with Crippen LogP contribution < -0.4 is 5.73 Å². The molecule has 2 nitrogen and oxygen atoms in total. The lowest BCUT2D eigenvalue weighted by molar-refractivity contribution is 0.101. The average molecular weight is 300 g/mol. The number of benzene rings is 1. The Hall–Kier alpha value is -0.640. The van der Waals surface area contributed by atoms with Crippen LogP contribution in [0.15, 0.2) is 18.2 Å². The molecule has 1 aliphatic rings. The van der Waals surface area contributed by atoms with E-state index in [9.17, 15) is 9.50 Å². The number of rotatable bonds is 4. The van der Waals surface area contributed by atoms with Gasteiger partial charge in [-0.25, -0.2) is 4.39 Å². The third kappa shape index (κ3) is 2.16. The van der Waals surface area contributed by atoms with Crippen molar-refractivity contribution in [1.29, 1.82) is 0 Å². The van der Waals surface area contributed by atoms with Crippen LogP contribution in [0.1, 0.15) is 39.2 Å². The third-order valence-electron chi connectivity index (χ3n) is 5.52. The van der Waals surface area contributed by atoms with Crippen LogP contribution in [0, 0.1) is 22.6 Å². The molecule has 20 heavy (non-hydrogen) atoms. The van der Waals surface area contributed by atoms with Gasteiger partial charge in [0.15, 0.2) is 0 Å². The molecule has 1 aliphatic carbocycles. The van der Waals surface area contributed by atoms with Crippen LogP contribution in [0.2, 0.25) is 5.02 Å². The maximum atomic E-state index is 14.2. The van der Waals surface area contributed by atoms with Crippen molar-refractivity contribution in [2.24, 2.45) is 22.5 Å². The molecule has 0 heterocycles. The predicted molar refractivity (Wildman–Crippen MR) is 80.3 cm³/mol. The summed E-state index contributed by atoms with van der Waals surface area (Å²) in [5.74, 6) is -0.804.